The van der Waals surface area contributed by atoms with Crippen LogP contribution in [0, 0.1) is 6.92 Å². The molecule has 0 bridgehead atoms. The molecule has 0 spiro atoms. The maximum absolute atomic E-state index is 12.1. The van der Waals surface area contributed by atoms with Crippen molar-refractivity contribution in [2.24, 2.45) is 7.05 Å². The second-order valence-electron chi connectivity index (χ2n) is 5.75. The Labute approximate surface area is 130 Å². The number of piperidine rings is 1. The van der Waals surface area contributed by atoms with E-state index < -0.39 is 0 Å². The number of pyridine rings is 1. The number of hydrogen-bond donors (Lipinski definition) is 1. The second-order valence-corrected chi connectivity index (χ2v) is 5.75. The highest BCUT2D eigenvalue weighted by Crippen LogP contribution is 2.18. The third-order valence-corrected chi connectivity index (χ3v) is 3.97. The molecule has 22 heavy (non-hydrogen) atoms. The second kappa shape index (κ2) is 6.17. The molecular weight excluding hydrogens is 278 g/mol. The van der Waals surface area contributed by atoms with Crippen molar-refractivity contribution in [2.75, 3.05) is 18.0 Å². The summed E-state index contributed by atoms with van der Waals surface area (Å²) in [6.45, 7) is 3.82. The first-order valence-electron chi connectivity index (χ1n) is 7.61. The average Bonchev–Trinajstić information content (AvgIpc) is 2.95. The third kappa shape index (κ3) is 3.27. The molecule has 0 unspecified atom stereocenters. The normalized spacial score (nSPS) is 15.8. The van der Waals surface area contributed by atoms with Gasteiger partial charge in [-0.15, -0.1) is 0 Å². The van der Waals surface area contributed by atoms with E-state index in [0.29, 0.717) is 5.69 Å². The molecule has 116 valence electrons. The van der Waals surface area contributed by atoms with Crippen LogP contribution in [-0.4, -0.2) is 39.8 Å². The lowest BCUT2D eigenvalue weighted by Gasteiger charge is -2.33. The zero-order chi connectivity index (χ0) is 15.5. The van der Waals surface area contributed by atoms with Crippen molar-refractivity contribution in [3.63, 3.8) is 0 Å². The Kier molecular flexibility index (Phi) is 4.09. The predicted octanol–water partition coefficient (Wildman–Crippen LogP) is 1.52. The summed E-state index contributed by atoms with van der Waals surface area (Å²) in [5.74, 6) is 0.933. The fourth-order valence-electron chi connectivity index (χ4n) is 2.75. The summed E-state index contributed by atoms with van der Waals surface area (Å²) >= 11 is 0. The third-order valence-electron chi connectivity index (χ3n) is 3.97. The minimum absolute atomic E-state index is 0.0901. The van der Waals surface area contributed by atoms with Crippen molar-refractivity contribution in [1.82, 2.24) is 20.1 Å². The summed E-state index contributed by atoms with van der Waals surface area (Å²) in [7, 11) is 1.81. The Bertz CT molecular complexity index is 658. The van der Waals surface area contributed by atoms with E-state index in [4.69, 9.17) is 0 Å². The molecule has 1 fully saturated rings. The minimum Gasteiger partial charge on any atom is -0.356 e. The van der Waals surface area contributed by atoms with E-state index in [-0.39, 0.29) is 11.9 Å². The molecule has 3 heterocycles. The van der Waals surface area contributed by atoms with Gasteiger partial charge in [-0.1, -0.05) is 6.07 Å². The van der Waals surface area contributed by atoms with Crippen molar-refractivity contribution < 1.29 is 4.79 Å². The number of carbonyl (C=O) groups is 1. The van der Waals surface area contributed by atoms with Gasteiger partial charge in [0, 0.05) is 38.1 Å². The highest BCUT2D eigenvalue weighted by atomic mass is 16.2. The fraction of sp³-hybridized carbons (Fsp3) is 0.438. The van der Waals surface area contributed by atoms with Gasteiger partial charge in [-0.2, -0.15) is 5.10 Å². The maximum Gasteiger partial charge on any atom is 0.271 e. The maximum atomic E-state index is 12.1. The summed E-state index contributed by atoms with van der Waals surface area (Å²) in [4.78, 5) is 18.9. The molecule has 0 saturated carbocycles. The number of amides is 1. The number of nitrogens with one attached hydrogen (secondary N) is 1. The summed E-state index contributed by atoms with van der Waals surface area (Å²) in [6.07, 6.45) is 3.63. The SMILES string of the molecule is Cc1cccc(N2CCC(NC(=O)c3ccn(C)n3)CC2)n1. The van der Waals surface area contributed by atoms with Crippen LogP contribution in [0.5, 0.6) is 0 Å². The molecule has 2 aromatic heterocycles. The molecule has 0 aliphatic carbocycles. The zero-order valence-corrected chi connectivity index (χ0v) is 13.0. The van der Waals surface area contributed by atoms with Gasteiger partial charge >= 0.3 is 0 Å². The number of nitrogens with zero attached hydrogens (tertiary/aromatic N) is 4. The first-order valence-corrected chi connectivity index (χ1v) is 7.61. The van der Waals surface area contributed by atoms with Crippen LogP contribution in [-0.2, 0) is 7.05 Å². The van der Waals surface area contributed by atoms with E-state index >= 15 is 0 Å². The zero-order valence-electron chi connectivity index (χ0n) is 13.0. The van der Waals surface area contributed by atoms with Gasteiger partial charge in [0.2, 0.25) is 0 Å². The van der Waals surface area contributed by atoms with Gasteiger partial charge in [0.25, 0.3) is 5.91 Å². The van der Waals surface area contributed by atoms with E-state index in [2.05, 4.69) is 20.3 Å². The van der Waals surface area contributed by atoms with Crippen molar-refractivity contribution in [2.45, 2.75) is 25.8 Å². The topological polar surface area (TPSA) is 63.1 Å². The van der Waals surface area contributed by atoms with Gasteiger partial charge in [-0.25, -0.2) is 4.98 Å². The Morgan fingerprint density at radius 1 is 1.27 bits per heavy atom. The van der Waals surface area contributed by atoms with Crippen LogP contribution in [0.1, 0.15) is 29.0 Å². The van der Waals surface area contributed by atoms with Crippen LogP contribution >= 0.6 is 0 Å². The molecule has 1 saturated heterocycles. The number of aryl methyl sites for hydroxylation is 2. The molecule has 0 radical (unpaired) electrons. The first-order chi connectivity index (χ1) is 10.6. The average molecular weight is 299 g/mol. The van der Waals surface area contributed by atoms with Gasteiger partial charge in [-0.3, -0.25) is 9.48 Å². The lowest BCUT2D eigenvalue weighted by molar-refractivity contribution is 0.0925. The van der Waals surface area contributed by atoms with E-state index in [1.54, 1.807) is 16.9 Å². The number of aromatic nitrogens is 3. The monoisotopic (exact) mass is 299 g/mol. The van der Waals surface area contributed by atoms with E-state index in [1.807, 2.05) is 32.2 Å². The molecule has 0 aromatic carbocycles. The van der Waals surface area contributed by atoms with Gasteiger partial charge < -0.3 is 10.2 Å². The molecule has 1 aliphatic rings. The van der Waals surface area contributed by atoms with E-state index in [0.717, 1.165) is 37.4 Å². The minimum atomic E-state index is -0.0901. The highest BCUT2D eigenvalue weighted by molar-refractivity contribution is 5.92. The summed E-state index contributed by atoms with van der Waals surface area (Å²) in [5.41, 5.74) is 1.51. The summed E-state index contributed by atoms with van der Waals surface area (Å²) in [6, 6.07) is 8.02. The Balaban J connectivity index is 1.54. The number of hydrogen-bond acceptors (Lipinski definition) is 4. The standard InChI is InChI=1S/C16H21N5O/c1-12-4-3-5-15(17-12)21-10-6-13(7-11-21)18-16(22)14-8-9-20(2)19-14/h3-5,8-9,13H,6-7,10-11H2,1-2H3,(H,18,22). The highest BCUT2D eigenvalue weighted by Gasteiger charge is 2.22. The molecule has 1 amide bonds. The largest absolute Gasteiger partial charge is 0.356 e. The van der Waals surface area contributed by atoms with Crippen LogP contribution in [0.3, 0.4) is 0 Å². The number of anilines is 1. The van der Waals surface area contributed by atoms with E-state index in [9.17, 15) is 4.79 Å². The molecule has 2 aromatic rings. The van der Waals surface area contributed by atoms with Gasteiger partial charge in [0.05, 0.1) is 0 Å². The molecule has 1 aliphatic heterocycles. The van der Waals surface area contributed by atoms with Gasteiger partial charge in [-0.05, 0) is 38.0 Å². The molecule has 0 atom stereocenters. The Morgan fingerprint density at radius 3 is 2.68 bits per heavy atom. The summed E-state index contributed by atoms with van der Waals surface area (Å²) < 4.78 is 1.64. The van der Waals surface area contributed by atoms with Crippen LogP contribution in [0.25, 0.3) is 0 Å². The van der Waals surface area contributed by atoms with Crippen molar-refractivity contribution >= 4 is 11.7 Å². The lowest BCUT2D eigenvalue weighted by Crippen LogP contribution is -2.45. The lowest BCUT2D eigenvalue weighted by atomic mass is 10.0. The number of rotatable bonds is 3. The van der Waals surface area contributed by atoms with Crippen LogP contribution in [0.4, 0.5) is 5.82 Å². The molecular formula is C16H21N5O. The molecule has 6 nitrogen and oxygen atoms in total. The van der Waals surface area contributed by atoms with Crippen LogP contribution < -0.4 is 10.2 Å². The Morgan fingerprint density at radius 2 is 2.05 bits per heavy atom. The van der Waals surface area contributed by atoms with Gasteiger partial charge in [0.1, 0.15) is 11.5 Å². The van der Waals surface area contributed by atoms with Crippen LogP contribution in [0.15, 0.2) is 30.5 Å². The quantitative estimate of drug-likeness (QED) is 0.933. The first kappa shape index (κ1) is 14.6. The van der Waals surface area contributed by atoms with Crippen LogP contribution in [0.2, 0.25) is 0 Å². The smallest absolute Gasteiger partial charge is 0.271 e. The summed E-state index contributed by atoms with van der Waals surface area (Å²) in [5, 5.41) is 7.20. The molecule has 1 N–H and O–H groups in total. The molecule has 3 rings (SSSR count). The van der Waals surface area contributed by atoms with Crippen molar-refractivity contribution in [3.8, 4) is 0 Å². The molecule has 6 heteroatoms. The van der Waals surface area contributed by atoms with Gasteiger partial charge in [0.15, 0.2) is 0 Å². The number of carbonyl (C=O) groups excluding carboxylic acids is 1. The van der Waals surface area contributed by atoms with E-state index in [1.165, 1.54) is 0 Å². The van der Waals surface area contributed by atoms with Crippen molar-refractivity contribution in [3.05, 3.63) is 41.9 Å². The fourth-order valence-corrected chi connectivity index (χ4v) is 2.75. The van der Waals surface area contributed by atoms with Crippen molar-refractivity contribution in [1.29, 1.82) is 0 Å². The Hall–Kier alpha value is -2.37. The predicted molar refractivity (Wildman–Crippen MR) is 84.9 cm³/mol.